The summed E-state index contributed by atoms with van der Waals surface area (Å²) in [7, 11) is 0. The van der Waals surface area contributed by atoms with Crippen LogP contribution >= 0.6 is 15.9 Å². The summed E-state index contributed by atoms with van der Waals surface area (Å²) in [6.07, 6.45) is 2.14. The van der Waals surface area contributed by atoms with Crippen LogP contribution in [0.2, 0.25) is 0 Å². The van der Waals surface area contributed by atoms with Crippen molar-refractivity contribution in [2.45, 2.75) is 25.8 Å². The molecule has 1 aromatic rings. The highest BCUT2D eigenvalue weighted by Crippen LogP contribution is 2.19. The second-order valence-corrected chi connectivity index (χ2v) is 4.52. The van der Waals surface area contributed by atoms with Gasteiger partial charge in [0.1, 0.15) is 0 Å². The Kier molecular flexibility index (Phi) is 5.91. The van der Waals surface area contributed by atoms with E-state index in [9.17, 15) is 0 Å². The lowest BCUT2D eigenvalue weighted by Gasteiger charge is -2.17. The fraction of sp³-hybridized carbons (Fsp3) is 0.500. The Balaban J connectivity index is 2.53. The standard InChI is InChI=1S/C12H19BrN2/c1-2-12(15-9-3-8-14)10-4-6-11(13)7-5-10/h4-7,12,15H,2-3,8-9,14H2,1H3. The molecule has 0 amide bonds. The second-order valence-electron chi connectivity index (χ2n) is 3.61. The van der Waals surface area contributed by atoms with Crippen LogP contribution < -0.4 is 11.1 Å². The Morgan fingerprint density at radius 3 is 2.53 bits per heavy atom. The molecule has 0 spiro atoms. The SMILES string of the molecule is CCC(NCCCN)c1ccc(Br)cc1. The monoisotopic (exact) mass is 270 g/mol. The molecule has 0 aliphatic rings. The molecule has 0 bridgehead atoms. The van der Waals surface area contributed by atoms with Gasteiger partial charge in [0.05, 0.1) is 0 Å². The van der Waals surface area contributed by atoms with Gasteiger partial charge in [-0.15, -0.1) is 0 Å². The Bertz CT molecular complexity index is 271. The smallest absolute Gasteiger partial charge is 0.0317 e. The molecule has 0 aliphatic heterocycles. The number of hydrogen-bond acceptors (Lipinski definition) is 2. The number of benzene rings is 1. The molecule has 1 aromatic carbocycles. The Morgan fingerprint density at radius 1 is 1.33 bits per heavy atom. The number of halogens is 1. The van der Waals surface area contributed by atoms with Crippen molar-refractivity contribution in [1.82, 2.24) is 5.32 Å². The first-order valence-corrected chi connectivity index (χ1v) is 6.26. The molecule has 1 atom stereocenters. The van der Waals surface area contributed by atoms with E-state index in [0.29, 0.717) is 6.04 Å². The zero-order valence-electron chi connectivity index (χ0n) is 9.17. The van der Waals surface area contributed by atoms with E-state index in [-0.39, 0.29) is 0 Å². The summed E-state index contributed by atoms with van der Waals surface area (Å²) in [4.78, 5) is 0. The van der Waals surface area contributed by atoms with Gasteiger partial charge in [0, 0.05) is 10.5 Å². The first-order valence-electron chi connectivity index (χ1n) is 5.46. The van der Waals surface area contributed by atoms with Crippen LogP contribution in [0.25, 0.3) is 0 Å². The van der Waals surface area contributed by atoms with Crippen molar-refractivity contribution in [3.05, 3.63) is 34.3 Å². The maximum atomic E-state index is 5.47. The molecule has 1 rings (SSSR count). The summed E-state index contributed by atoms with van der Waals surface area (Å²) in [5.74, 6) is 0. The zero-order chi connectivity index (χ0) is 11.1. The average Bonchev–Trinajstić information content (AvgIpc) is 2.26. The minimum Gasteiger partial charge on any atom is -0.330 e. The third kappa shape index (κ3) is 4.33. The van der Waals surface area contributed by atoms with Crippen molar-refractivity contribution in [3.8, 4) is 0 Å². The van der Waals surface area contributed by atoms with Crippen LogP contribution in [-0.4, -0.2) is 13.1 Å². The van der Waals surface area contributed by atoms with E-state index in [2.05, 4.69) is 52.4 Å². The maximum absolute atomic E-state index is 5.47. The van der Waals surface area contributed by atoms with Gasteiger partial charge in [0.15, 0.2) is 0 Å². The van der Waals surface area contributed by atoms with Gasteiger partial charge in [0.2, 0.25) is 0 Å². The highest BCUT2D eigenvalue weighted by Gasteiger charge is 2.07. The van der Waals surface area contributed by atoms with Gasteiger partial charge in [-0.2, -0.15) is 0 Å². The predicted octanol–water partition coefficient (Wildman–Crippen LogP) is 2.84. The number of hydrogen-bond donors (Lipinski definition) is 2. The first-order chi connectivity index (χ1) is 7.27. The number of nitrogens with one attached hydrogen (secondary N) is 1. The average molecular weight is 271 g/mol. The highest BCUT2D eigenvalue weighted by molar-refractivity contribution is 9.10. The second kappa shape index (κ2) is 6.99. The fourth-order valence-corrected chi connectivity index (χ4v) is 1.84. The minimum atomic E-state index is 0.449. The summed E-state index contributed by atoms with van der Waals surface area (Å²) in [5, 5.41) is 3.51. The van der Waals surface area contributed by atoms with Crippen LogP contribution in [0.1, 0.15) is 31.4 Å². The lowest BCUT2D eigenvalue weighted by Crippen LogP contribution is -2.23. The topological polar surface area (TPSA) is 38.0 Å². The van der Waals surface area contributed by atoms with Crippen LogP contribution in [0.5, 0.6) is 0 Å². The van der Waals surface area contributed by atoms with Gasteiger partial charge in [-0.25, -0.2) is 0 Å². The van der Waals surface area contributed by atoms with Crippen molar-refractivity contribution in [1.29, 1.82) is 0 Å². The van der Waals surface area contributed by atoms with Crippen LogP contribution in [0, 0.1) is 0 Å². The number of nitrogens with two attached hydrogens (primary N) is 1. The molecule has 0 aliphatic carbocycles. The van der Waals surface area contributed by atoms with Gasteiger partial charge >= 0.3 is 0 Å². The van der Waals surface area contributed by atoms with E-state index < -0.39 is 0 Å². The quantitative estimate of drug-likeness (QED) is 0.781. The summed E-state index contributed by atoms with van der Waals surface area (Å²) in [6, 6.07) is 8.94. The van der Waals surface area contributed by atoms with Crippen molar-refractivity contribution >= 4 is 15.9 Å². The molecule has 0 fully saturated rings. The lowest BCUT2D eigenvalue weighted by atomic mass is 10.0. The van der Waals surface area contributed by atoms with E-state index >= 15 is 0 Å². The van der Waals surface area contributed by atoms with E-state index in [1.54, 1.807) is 0 Å². The minimum absolute atomic E-state index is 0.449. The van der Waals surface area contributed by atoms with Crippen molar-refractivity contribution < 1.29 is 0 Å². The maximum Gasteiger partial charge on any atom is 0.0317 e. The molecule has 0 saturated carbocycles. The Labute approximate surface area is 100 Å². The Morgan fingerprint density at radius 2 is 2.00 bits per heavy atom. The van der Waals surface area contributed by atoms with Crippen LogP contribution in [0.15, 0.2) is 28.7 Å². The Hall–Kier alpha value is -0.380. The normalized spacial score (nSPS) is 12.7. The van der Waals surface area contributed by atoms with E-state index in [1.807, 2.05) is 0 Å². The molecule has 0 saturated heterocycles. The van der Waals surface area contributed by atoms with Crippen LogP contribution in [0.3, 0.4) is 0 Å². The summed E-state index contributed by atoms with van der Waals surface area (Å²) >= 11 is 3.44. The van der Waals surface area contributed by atoms with Gasteiger partial charge in [0.25, 0.3) is 0 Å². The van der Waals surface area contributed by atoms with E-state index in [0.717, 1.165) is 30.4 Å². The molecule has 3 N–H and O–H groups in total. The fourth-order valence-electron chi connectivity index (χ4n) is 1.57. The largest absolute Gasteiger partial charge is 0.330 e. The summed E-state index contributed by atoms with van der Waals surface area (Å²) in [5.41, 5.74) is 6.81. The van der Waals surface area contributed by atoms with Gasteiger partial charge in [-0.05, 0) is 43.6 Å². The van der Waals surface area contributed by atoms with Gasteiger partial charge < -0.3 is 11.1 Å². The van der Waals surface area contributed by atoms with E-state index in [4.69, 9.17) is 5.73 Å². The molecule has 0 heterocycles. The molecule has 84 valence electrons. The predicted molar refractivity (Wildman–Crippen MR) is 68.8 cm³/mol. The third-order valence-corrected chi connectivity index (χ3v) is 2.98. The van der Waals surface area contributed by atoms with Crippen LogP contribution in [-0.2, 0) is 0 Å². The first kappa shape index (κ1) is 12.7. The van der Waals surface area contributed by atoms with Gasteiger partial charge in [-0.3, -0.25) is 0 Å². The molecular weight excluding hydrogens is 252 g/mol. The summed E-state index contributed by atoms with van der Waals surface area (Å²) in [6.45, 7) is 3.94. The highest BCUT2D eigenvalue weighted by atomic mass is 79.9. The van der Waals surface area contributed by atoms with E-state index in [1.165, 1.54) is 5.56 Å². The third-order valence-electron chi connectivity index (χ3n) is 2.45. The molecule has 3 heteroatoms. The van der Waals surface area contributed by atoms with Crippen molar-refractivity contribution in [2.75, 3.05) is 13.1 Å². The molecule has 1 unspecified atom stereocenters. The lowest BCUT2D eigenvalue weighted by molar-refractivity contribution is 0.513. The van der Waals surface area contributed by atoms with Crippen LogP contribution in [0.4, 0.5) is 0 Å². The molecule has 2 nitrogen and oxygen atoms in total. The summed E-state index contributed by atoms with van der Waals surface area (Å²) < 4.78 is 1.13. The number of rotatable bonds is 6. The molecular formula is C12H19BrN2. The molecule has 0 radical (unpaired) electrons. The van der Waals surface area contributed by atoms with Gasteiger partial charge in [-0.1, -0.05) is 35.0 Å². The zero-order valence-corrected chi connectivity index (χ0v) is 10.8. The van der Waals surface area contributed by atoms with Crippen molar-refractivity contribution in [2.24, 2.45) is 5.73 Å². The van der Waals surface area contributed by atoms with Crippen molar-refractivity contribution in [3.63, 3.8) is 0 Å². The molecule has 0 aromatic heterocycles. The molecule has 15 heavy (non-hydrogen) atoms.